The summed E-state index contributed by atoms with van der Waals surface area (Å²) in [6, 6.07) is 11.1. The van der Waals surface area contributed by atoms with E-state index in [4.69, 9.17) is 4.74 Å². The predicted octanol–water partition coefficient (Wildman–Crippen LogP) is 3.29. The summed E-state index contributed by atoms with van der Waals surface area (Å²) in [5.41, 5.74) is 1.79. The van der Waals surface area contributed by atoms with Crippen molar-refractivity contribution in [1.29, 1.82) is 0 Å². The van der Waals surface area contributed by atoms with Crippen LogP contribution in [0, 0.1) is 11.6 Å². The molecular weight excluding hydrogens is 464 g/mol. The number of methoxy groups -OCH3 is 1. The highest BCUT2D eigenvalue weighted by Gasteiger charge is 2.29. The molecular formula is C25H25F2NO5S. The van der Waals surface area contributed by atoms with E-state index >= 15 is 0 Å². The fraction of sp³-hybridized carbons (Fsp3) is 0.280. The van der Waals surface area contributed by atoms with E-state index in [2.05, 4.69) is 0 Å². The van der Waals surface area contributed by atoms with E-state index in [0.717, 1.165) is 0 Å². The number of Topliss-reactive ketones (excluding diaryl/α,β-unsaturated/α-hetero) is 1. The summed E-state index contributed by atoms with van der Waals surface area (Å²) in [5, 5.41) is 0. The van der Waals surface area contributed by atoms with Gasteiger partial charge in [0.1, 0.15) is 11.6 Å². The van der Waals surface area contributed by atoms with Crippen molar-refractivity contribution in [2.75, 3.05) is 38.3 Å². The van der Waals surface area contributed by atoms with E-state index < -0.39 is 27.4 Å². The first-order valence-corrected chi connectivity index (χ1v) is 12.4. The monoisotopic (exact) mass is 489 g/mol. The zero-order valence-electron chi connectivity index (χ0n) is 18.7. The molecule has 0 bridgehead atoms. The third kappa shape index (κ3) is 7.16. The van der Waals surface area contributed by atoms with Crippen molar-refractivity contribution in [3.05, 3.63) is 82.4 Å². The van der Waals surface area contributed by atoms with Crippen LogP contribution in [0.25, 0.3) is 12.2 Å². The van der Waals surface area contributed by atoms with Gasteiger partial charge in [0.15, 0.2) is 15.6 Å². The number of hydrogen-bond acceptors (Lipinski definition) is 5. The first-order valence-electron chi connectivity index (χ1n) is 10.6. The molecule has 0 aromatic heterocycles. The summed E-state index contributed by atoms with van der Waals surface area (Å²) in [6.07, 6.45) is 2.93. The summed E-state index contributed by atoms with van der Waals surface area (Å²) in [7, 11) is -2.06. The van der Waals surface area contributed by atoms with Crippen LogP contribution >= 0.6 is 0 Å². The van der Waals surface area contributed by atoms with E-state index in [1.54, 1.807) is 12.2 Å². The number of amides is 1. The van der Waals surface area contributed by atoms with Crippen molar-refractivity contribution in [2.24, 2.45) is 0 Å². The minimum atomic E-state index is -3.46. The van der Waals surface area contributed by atoms with E-state index in [9.17, 15) is 26.8 Å². The number of likely N-dealkylation sites (tertiary alicyclic amines) is 1. The van der Waals surface area contributed by atoms with E-state index in [-0.39, 0.29) is 43.4 Å². The summed E-state index contributed by atoms with van der Waals surface area (Å²) in [5.74, 6) is -2.04. The van der Waals surface area contributed by atoms with Crippen LogP contribution in [-0.2, 0) is 24.2 Å². The van der Waals surface area contributed by atoms with Gasteiger partial charge in [0.2, 0.25) is 5.91 Å². The number of rotatable bonds is 8. The molecule has 1 amide bonds. The van der Waals surface area contributed by atoms with Crippen LogP contribution in [0.4, 0.5) is 8.78 Å². The molecule has 0 radical (unpaired) electrons. The average Bonchev–Trinajstić information content (AvgIpc) is 2.81. The Labute approximate surface area is 197 Å². The fourth-order valence-electron chi connectivity index (χ4n) is 3.45. The van der Waals surface area contributed by atoms with E-state index in [0.29, 0.717) is 22.3 Å². The van der Waals surface area contributed by atoms with Gasteiger partial charge in [0.25, 0.3) is 0 Å². The number of carbonyl (C=O) groups excluding carboxylic acids is 2. The molecule has 2 aromatic carbocycles. The first-order chi connectivity index (χ1) is 16.2. The summed E-state index contributed by atoms with van der Waals surface area (Å²) < 4.78 is 55.5. The Bertz CT molecular complexity index is 1140. The molecule has 0 aliphatic carbocycles. The van der Waals surface area contributed by atoms with Crippen LogP contribution in [0.3, 0.4) is 0 Å². The summed E-state index contributed by atoms with van der Waals surface area (Å²) in [6.45, 7) is 0.0334. The number of benzene rings is 2. The number of halogens is 2. The van der Waals surface area contributed by atoms with Gasteiger partial charge in [-0.3, -0.25) is 9.59 Å². The molecule has 6 nitrogen and oxygen atoms in total. The van der Waals surface area contributed by atoms with Crippen LogP contribution < -0.4 is 0 Å². The average molecular weight is 490 g/mol. The summed E-state index contributed by atoms with van der Waals surface area (Å²) in [4.78, 5) is 27.4. The Morgan fingerprint density at radius 3 is 1.82 bits per heavy atom. The Morgan fingerprint density at radius 2 is 1.38 bits per heavy atom. The van der Waals surface area contributed by atoms with Crippen LogP contribution in [-0.4, -0.2) is 63.3 Å². The number of hydrogen-bond donors (Lipinski definition) is 0. The Hall–Kier alpha value is -3.17. The number of sulfone groups is 1. The number of ether oxygens (including phenoxy) is 1. The molecule has 2 aromatic rings. The second-order valence-corrected chi connectivity index (χ2v) is 10.2. The third-order valence-corrected chi connectivity index (χ3v) is 6.92. The quantitative estimate of drug-likeness (QED) is 0.532. The standard InChI is InChI=1S/C25H25F2NO5S/c1-33-11-13-34(31,32)12-10-24(29)28-16-20(14-18-2-6-22(26)7-3-18)25(30)21(17-28)15-19-4-8-23(27)9-5-19/h2-9,14-15H,10-13,16-17H2,1H3/b20-14+,21-15+. The number of piperidine rings is 1. The topological polar surface area (TPSA) is 80.8 Å². The minimum Gasteiger partial charge on any atom is -0.384 e. The lowest BCUT2D eigenvalue weighted by molar-refractivity contribution is -0.130. The molecule has 9 heteroatoms. The van der Waals surface area contributed by atoms with Crippen molar-refractivity contribution < 1.29 is 31.5 Å². The SMILES string of the molecule is COCCS(=O)(=O)CCC(=O)N1C/C(=C\c2ccc(F)cc2)C(=O)/C(=C/c2ccc(F)cc2)C1. The number of ketones is 1. The molecule has 0 unspecified atom stereocenters. The van der Waals surface area contributed by atoms with Gasteiger partial charge >= 0.3 is 0 Å². The van der Waals surface area contributed by atoms with Crippen LogP contribution in [0.15, 0.2) is 59.7 Å². The van der Waals surface area contributed by atoms with Gasteiger partial charge in [0, 0.05) is 37.8 Å². The predicted molar refractivity (Wildman–Crippen MR) is 125 cm³/mol. The molecule has 1 heterocycles. The van der Waals surface area contributed by atoms with Crippen molar-refractivity contribution >= 4 is 33.7 Å². The smallest absolute Gasteiger partial charge is 0.224 e. The fourth-order valence-corrected chi connectivity index (χ4v) is 4.56. The lowest BCUT2D eigenvalue weighted by Crippen LogP contribution is -2.42. The molecule has 0 N–H and O–H groups in total. The Morgan fingerprint density at radius 1 is 0.912 bits per heavy atom. The maximum Gasteiger partial charge on any atom is 0.224 e. The maximum absolute atomic E-state index is 13.3. The largest absolute Gasteiger partial charge is 0.384 e. The Kier molecular flexibility index (Phi) is 8.46. The lowest BCUT2D eigenvalue weighted by atomic mass is 9.94. The van der Waals surface area contributed by atoms with Crippen LogP contribution in [0.2, 0.25) is 0 Å². The molecule has 0 saturated carbocycles. The lowest BCUT2D eigenvalue weighted by Gasteiger charge is -2.30. The summed E-state index contributed by atoms with van der Waals surface area (Å²) >= 11 is 0. The number of nitrogens with zero attached hydrogens (tertiary/aromatic N) is 1. The normalized spacial score (nSPS) is 16.9. The molecule has 3 rings (SSSR count). The van der Waals surface area contributed by atoms with Gasteiger partial charge in [-0.05, 0) is 47.5 Å². The molecule has 34 heavy (non-hydrogen) atoms. The first kappa shape index (κ1) is 25.5. The van der Waals surface area contributed by atoms with Crippen molar-refractivity contribution in [3.8, 4) is 0 Å². The highest BCUT2D eigenvalue weighted by Crippen LogP contribution is 2.23. The van der Waals surface area contributed by atoms with Gasteiger partial charge in [-0.1, -0.05) is 24.3 Å². The third-order valence-electron chi connectivity index (χ3n) is 5.31. The molecule has 1 saturated heterocycles. The van der Waals surface area contributed by atoms with Gasteiger partial charge in [-0.2, -0.15) is 0 Å². The zero-order chi connectivity index (χ0) is 24.7. The molecule has 0 atom stereocenters. The van der Waals surface area contributed by atoms with E-state index in [1.165, 1.54) is 60.5 Å². The van der Waals surface area contributed by atoms with Gasteiger partial charge in [-0.15, -0.1) is 0 Å². The Balaban J connectivity index is 1.87. The van der Waals surface area contributed by atoms with Crippen molar-refractivity contribution in [3.63, 3.8) is 0 Å². The molecule has 1 fully saturated rings. The molecule has 0 spiro atoms. The highest BCUT2D eigenvalue weighted by molar-refractivity contribution is 7.91. The zero-order valence-corrected chi connectivity index (χ0v) is 19.5. The van der Waals surface area contributed by atoms with Crippen LogP contribution in [0.1, 0.15) is 17.5 Å². The van der Waals surface area contributed by atoms with E-state index in [1.807, 2.05) is 0 Å². The molecule has 180 valence electrons. The minimum absolute atomic E-state index is 0.00603. The number of carbonyl (C=O) groups is 2. The van der Waals surface area contributed by atoms with Crippen LogP contribution in [0.5, 0.6) is 0 Å². The second-order valence-electron chi connectivity index (χ2n) is 7.92. The van der Waals surface area contributed by atoms with Gasteiger partial charge in [0.05, 0.1) is 18.1 Å². The maximum atomic E-state index is 13.3. The molecule has 1 aliphatic heterocycles. The van der Waals surface area contributed by atoms with Gasteiger partial charge < -0.3 is 9.64 Å². The molecule has 1 aliphatic rings. The van der Waals surface area contributed by atoms with Gasteiger partial charge in [-0.25, -0.2) is 17.2 Å². The van der Waals surface area contributed by atoms with Crippen molar-refractivity contribution in [2.45, 2.75) is 6.42 Å². The second kappa shape index (κ2) is 11.3. The van der Waals surface area contributed by atoms with Crippen molar-refractivity contribution in [1.82, 2.24) is 4.90 Å². The highest BCUT2D eigenvalue weighted by atomic mass is 32.2.